The van der Waals surface area contributed by atoms with Gasteiger partial charge in [0, 0.05) is 25.2 Å². The zero-order valence-corrected chi connectivity index (χ0v) is 18.9. The number of carbonyl (C=O) groups excluding carboxylic acids is 1. The van der Waals surface area contributed by atoms with E-state index in [1.807, 2.05) is 43.5 Å². The van der Waals surface area contributed by atoms with Crippen LogP contribution < -0.4 is 19.7 Å². The number of rotatable bonds is 9. The smallest absolute Gasteiger partial charge is 0.248 e. The zero-order chi connectivity index (χ0) is 22.3. The third-order valence-corrected chi connectivity index (χ3v) is 5.63. The molecular formula is C21H26N6O4S. The van der Waals surface area contributed by atoms with Gasteiger partial charge >= 0.3 is 0 Å². The lowest BCUT2D eigenvalue weighted by Gasteiger charge is -2.31. The second kappa shape index (κ2) is 10.4. The maximum absolute atomic E-state index is 12.7. The van der Waals surface area contributed by atoms with Gasteiger partial charge < -0.3 is 24.4 Å². The van der Waals surface area contributed by atoms with Crippen molar-refractivity contribution in [1.82, 2.24) is 20.2 Å². The Hall–Kier alpha value is -3.18. The highest BCUT2D eigenvalue weighted by Crippen LogP contribution is 2.39. The molecule has 11 heteroatoms. The van der Waals surface area contributed by atoms with Crippen LogP contribution in [0.4, 0.5) is 11.4 Å². The van der Waals surface area contributed by atoms with Crippen LogP contribution in [0, 0.1) is 0 Å². The van der Waals surface area contributed by atoms with Crippen LogP contribution in [0.1, 0.15) is 13.8 Å². The normalized spacial score (nSPS) is 13.8. The molecule has 3 heterocycles. The van der Waals surface area contributed by atoms with Crippen molar-refractivity contribution in [3.05, 3.63) is 29.6 Å². The molecule has 4 rings (SSSR count). The van der Waals surface area contributed by atoms with Crippen LogP contribution in [0.15, 0.2) is 29.6 Å². The Morgan fingerprint density at radius 1 is 1.19 bits per heavy atom. The molecule has 170 valence electrons. The second-order valence-corrected chi connectivity index (χ2v) is 7.90. The number of tetrazole rings is 1. The summed E-state index contributed by atoms with van der Waals surface area (Å²) in [5.41, 5.74) is 1.46. The van der Waals surface area contributed by atoms with Crippen molar-refractivity contribution in [3.63, 3.8) is 0 Å². The van der Waals surface area contributed by atoms with Gasteiger partial charge in [-0.05, 0) is 30.5 Å². The van der Waals surface area contributed by atoms with Crippen LogP contribution >= 0.6 is 11.3 Å². The summed E-state index contributed by atoms with van der Waals surface area (Å²) in [6.07, 6.45) is 0. The van der Waals surface area contributed by atoms with Gasteiger partial charge in [-0.25, -0.2) is 0 Å². The molecule has 0 bridgehead atoms. The van der Waals surface area contributed by atoms with Crippen molar-refractivity contribution in [2.24, 2.45) is 0 Å². The van der Waals surface area contributed by atoms with Crippen molar-refractivity contribution >= 4 is 28.6 Å². The molecule has 1 saturated heterocycles. The van der Waals surface area contributed by atoms with Gasteiger partial charge in [-0.1, -0.05) is 6.07 Å². The average Bonchev–Trinajstić information content (AvgIpc) is 3.48. The number of aromatic nitrogens is 4. The monoisotopic (exact) mass is 458 g/mol. The molecule has 1 amide bonds. The molecule has 10 nitrogen and oxygen atoms in total. The molecule has 2 aromatic heterocycles. The van der Waals surface area contributed by atoms with Gasteiger partial charge in [-0.15, -0.1) is 21.5 Å². The summed E-state index contributed by atoms with van der Waals surface area (Å²) >= 11 is 1.52. The largest absolute Gasteiger partial charge is 0.492 e. The maximum atomic E-state index is 12.7. The number of hydrogen-bond acceptors (Lipinski definition) is 9. The highest BCUT2D eigenvalue weighted by Gasteiger charge is 2.21. The van der Waals surface area contributed by atoms with Gasteiger partial charge in [0.15, 0.2) is 0 Å². The fourth-order valence-electron chi connectivity index (χ4n) is 3.38. The topological polar surface area (TPSA) is 104 Å². The number of nitrogens with zero attached hydrogens (tertiary/aromatic N) is 5. The summed E-state index contributed by atoms with van der Waals surface area (Å²) in [6, 6.07) is 7.55. The lowest BCUT2D eigenvalue weighted by molar-refractivity contribution is -0.117. The Balaban J connectivity index is 1.53. The van der Waals surface area contributed by atoms with Gasteiger partial charge in [0.25, 0.3) is 0 Å². The molecule has 0 atom stereocenters. The summed E-state index contributed by atoms with van der Waals surface area (Å²) in [5, 5.41) is 17.1. The van der Waals surface area contributed by atoms with Crippen molar-refractivity contribution in [1.29, 1.82) is 0 Å². The number of amides is 1. The SMILES string of the molecule is CCOc1cc(N2CCOCC2)c(OCC)cc1NC(=O)Cn1nnc(-c2cccs2)n1. The lowest BCUT2D eigenvalue weighted by Crippen LogP contribution is -2.36. The number of carbonyl (C=O) groups is 1. The van der Waals surface area contributed by atoms with E-state index in [0.29, 0.717) is 49.4 Å². The van der Waals surface area contributed by atoms with E-state index in [2.05, 4.69) is 25.6 Å². The standard InChI is InChI=1S/C21H26N6O4S/c1-3-30-17-13-16(26-7-9-29-10-8-26)18(31-4-2)12-15(17)22-20(28)14-27-24-21(23-25-27)19-6-5-11-32-19/h5-6,11-13H,3-4,7-10,14H2,1-2H3,(H,22,28). The van der Waals surface area contributed by atoms with Crippen molar-refractivity contribution < 1.29 is 19.0 Å². The summed E-state index contributed by atoms with van der Waals surface area (Å²) in [4.78, 5) is 17.1. The molecule has 1 aliphatic rings. The van der Waals surface area contributed by atoms with E-state index in [0.717, 1.165) is 23.7 Å². The minimum Gasteiger partial charge on any atom is -0.492 e. The highest BCUT2D eigenvalue weighted by atomic mass is 32.1. The molecular weight excluding hydrogens is 432 g/mol. The van der Waals surface area contributed by atoms with E-state index < -0.39 is 0 Å². The van der Waals surface area contributed by atoms with Gasteiger partial charge in [0.2, 0.25) is 11.7 Å². The molecule has 0 aliphatic carbocycles. The predicted octanol–water partition coefficient (Wildman–Crippen LogP) is 2.67. The molecule has 1 fully saturated rings. The first-order chi connectivity index (χ1) is 15.7. The predicted molar refractivity (Wildman–Crippen MR) is 122 cm³/mol. The molecule has 0 saturated carbocycles. The van der Waals surface area contributed by atoms with E-state index in [1.165, 1.54) is 16.1 Å². The zero-order valence-electron chi connectivity index (χ0n) is 18.1. The third kappa shape index (κ3) is 5.17. The Bertz CT molecular complexity index is 1030. The minimum absolute atomic E-state index is 0.0703. The molecule has 0 radical (unpaired) electrons. The van der Waals surface area contributed by atoms with E-state index in [1.54, 1.807) is 0 Å². The first-order valence-electron chi connectivity index (χ1n) is 10.6. The maximum Gasteiger partial charge on any atom is 0.248 e. The molecule has 1 aromatic carbocycles. The van der Waals surface area contributed by atoms with E-state index in [4.69, 9.17) is 14.2 Å². The number of morpholine rings is 1. The van der Waals surface area contributed by atoms with Crippen LogP contribution in [-0.4, -0.2) is 65.6 Å². The summed E-state index contributed by atoms with van der Waals surface area (Å²) in [5.74, 6) is 1.47. The van der Waals surface area contributed by atoms with Crippen LogP contribution in [-0.2, 0) is 16.1 Å². The number of anilines is 2. The average molecular weight is 459 g/mol. The van der Waals surface area contributed by atoms with Crippen molar-refractivity contribution in [2.45, 2.75) is 20.4 Å². The molecule has 3 aromatic rings. The number of benzene rings is 1. The summed E-state index contributed by atoms with van der Waals surface area (Å²) in [6.45, 7) is 7.59. The lowest BCUT2D eigenvalue weighted by atomic mass is 10.2. The van der Waals surface area contributed by atoms with E-state index in [9.17, 15) is 4.79 Å². The molecule has 1 aliphatic heterocycles. The van der Waals surface area contributed by atoms with Gasteiger partial charge in [-0.3, -0.25) is 4.79 Å². The van der Waals surface area contributed by atoms with E-state index in [-0.39, 0.29) is 12.5 Å². The number of hydrogen-bond donors (Lipinski definition) is 1. The first-order valence-corrected chi connectivity index (χ1v) is 11.4. The molecule has 0 spiro atoms. The quantitative estimate of drug-likeness (QED) is 0.522. The molecule has 0 unspecified atom stereocenters. The Kier molecular flexibility index (Phi) is 7.17. The summed E-state index contributed by atoms with van der Waals surface area (Å²) in [7, 11) is 0. The van der Waals surface area contributed by atoms with Gasteiger partial charge in [-0.2, -0.15) is 4.80 Å². The minimum atomic E-state index is -0.289. The van der Waals surface area contributed by atoms with Crippen LogP contribution in [0.5, 0.6) is 11.5 Å². The Morgan fingerprint density at radius 2 is 1.97 bits per heavy atom. The van der Waals surface area contributed by atoms with Crippen LogP contribution in [0.25, 0.3) is 10.7 Å². The Labute approximate surface area is 190 Å². The highest BCUT2D eigenvalue weighted by molar-refractivity contribution is 7.13. The molecule has 1 N–H and O–H groups in total. The molecule has 32 heavy (non-hydrogen) atoms. The first kappa shape index (κ1) is 22.0. The third-order valence-electron chi connectivity index (χ3n) is 4.77. The fourth-order valence-corrected chi connectivity index (χ4v) is 4.03. The Morgan fingerprint density at radius 3 is 2.69 bits per heavy atom. The summed E-state index contributed by atoms with van der Waals surface area (Å²) < 4.78 is 17.2. The van der Waals surface area contributed by atoms with Crippen molar-refractivity contribution in [2.75, 3.05) is 49.7 Å². The van der Waals surface area contributed by atoms with Crippen LogP contribution in [0.3, 0.4) is 0 Å². The van der Waals surface area contributed by atoms with E-state index >= 15 is 0 Å². The van der Waals surface area contributed by atoms with Gasteiger partial charge in [0.05, 0.1) is 42.7 Å². The second-order valence-electron chi connectivity index (χ2n) is 6.95. The van der Waals surface area contributed by atoms with Crippen LogP contribution in [0.2, 0.25) is 0 Å². The number of nitrogens with one attached hydrogen (secondary N) is 1. The number of ether oxygens (including phenoxy) is 3. The van der Waals surface area contributed by atoms with Crippen molar-refractivity contribution in [3.8, 4) is 22.2 Å². The van der Waals surface area contributed by atoms with Gasteiger partial charge in [0.1, 0.15) is 18.0 Å². The fraction of sp³-hybridized carbons (Fsp3) is 0.429. The number of thiophene rings is 1.